The van der Waals surface area contributed by atoms with Gasteiger partial charge < -0.3 is 14.6 Å². The summed E-state index contributed by atoms with van der Waals surface area (Å²) in [6, 6.07) is 0. The molecule has 22 heavy (non-hydrogen) atoms. The van der Waals surface area contributed by atoms with Crippen molar-refractivity contribution in [1.29, 1.82) is 0 Å². The largest absolute Gasteiger partial charge is 0.383 e. The number of aromatic nitrogens is 4. The van der Waals surface area contributed by atoms with Gasteiger partial charge in [-0.2, -0.15) is 5.10 Å². The maximum atomic E-state index is 12.3. The van der Waals surface area contributed by atoms with E-state index in [0.29, 0.717) is 30.5 Å². The zero-order chi connectivity index (χ0) is 15.5. The maximum absolute atomic E-state index is 12.3. The van der Waals surface area contributed by atoms with Crippen LogP contribution in [-0.2, 0) is 24.2 Å². The normalized spacial score (nSPS) is 17.3. The first-order chi connectivity index (χ1) is 10.7. The Balaban J connectivity index is 1.66. The molecule has 0 radical (unpaired) electrons. The van der Waals surface area contributed by atoms with Crippen LogP contribution in [0.15, 0.2) is 18.6 Å². The van der Waals surface area contributed by atoms with E-state index in [2.05, 4.69) is 26.9 Å². The monoisotopic (exact) mass is 303 g/mol. The fourth-order valence-electron chi connectivity index (χ4n) is 2.65. The van der Waals surface area contributed by atoms with Gasteiger partial charge >= 0.3 is 0 Å². The third-order valence-corrected chi connectivity index (χ3v) is 3.88. The second-order valence-electron chi connectivity index (χ2n) is 5.78. The number of rotatable bonds is 5. The van der Waals surface area contributed by atoms with Crippen LogP contribution in [0.2, 0.25) is 0 Å². The molecule has 1 aliphatic rings. The highest BCUT2D eigenvalue weighted by molar-refractivity contribution is 6.02. The highest BCUT2D eigenvalue weighted by Gasteiger charge is 2.20. The summed E-state index contributed by atoms with van der Waals surface area (Å²) in [6.07, 6.45) is 7.32. The minimum atomic E-state index is -0.194. The Labute approximate surface area is 129 Å². The first-order valence-corrected chi connectivity index (χ1v) is 7.54. The van der Waals surface area contributed by atoms with E-state index in [1.165, 1.54) is 0 Å². The Morgan fingerprint density at radius 2 is 2.36 bits per heavy atom. The second kappa shape index (κ2) is 6.31. The van der Waals surface area contributed by atoms with Crippen LogP contribution in [0.4, 0.5) is 5.69 Å². The Bertz CT molecular complexity index is 661. The molecule has 1 aliphatic heterocycles. The van der Waals surface area contributed by atoms with E-state index >= 15 is 0 Å². The average Bonchev–Trinajstić information content (AvgIpc) is 3.11. The van der Waals surface area contributed by atoms with Crippen molar-refractivity contribution in [2.45, 2.75) is 32.9 Å². The molecular formula is C15H21N5O2. The quantitative estimate of drug-likeness (QED) is 0.909. The summed E-state index contributed by atoms with van der Waals surface area (Å²) in [5.41, 5.74) is 1.13. The molecule has 7 nitrogen and oxygen atoms in total. The standard InChI is InChI=1S/C15H21N5O2/c1-11-3-4-14-18-13(10-19(14)8-11)15(21)17-12-7-16-20(9-12)5-6-22-2/h7,9-11H,3-6,8H2,1-2H3,(H,17,21)/t11-/m0/s1. The van der Waals surface area contributed by atoms with Gasteiger partial charge in [-0.1, -0.05) is 6.92 Å². The Morgan fingerprint density at radius 1 is 1.50 bits per heavy atom. The lowest BCUT2D eigenvalue weighted by Gasteiger charge is -2.19. The van der Waals surface area contributed by atoms with Crippen LogP contribution < -0.4 is 5.32 Å². The molecule has 0 spiro atoms. The predicted molar refractivity (Wildman–Crippen MR) is 81.8 cm³/mol. The smallest absolute Gasteiger partial charge is 0.275 e. The van der Waals surface area contributed by atoms with Gasteiger partial charge in [0.05, 0.1) is 25.0 Å². The number of anilines is 1. The van der Waals surface area contributed by atoms with Crippen LogP contribution in [0.1, 0.15) is 29.7 Å². The van der Waals surface area contributed by atoms with Crippen molar-refractivity contribution in [3.8, 4) is 0 Å². The van der Waals surface area contributed by atoms with Gasteiger partial charge in [0.15, 0.2) is 0 Å². The number of methoxy groups -OCH3 is 1. The molecule has 2 aromatic rings. The number of carbonyl (C=O) groups excluding carboxylic acids is 1. The summed E-state index contributed by atoms with van der Waals surface area (Å²) < 4.78 is 8.82. The number of hydrogen-bond acceptors (Lipinski definition) is 4. The number of hydrogen-bond donors (Lipinski definition) is 1. The van der Waals surface area contributed by atoms with Crippen LogP contribution >= 0.6 is 0 Å². The van der Waals surface area contributed by atoms with Crippen molar-refractivity contribution < 1.29 is 9.53 Å². The van der Waals surface area contributed by atoms with Crippen molar-refractivity contribution >= 4 is 11.6 Å². The Hall–Kier alpha value is -2.15. The summed E-state index contributed by atoms with van der Waals surface area (Å²) in [7, 11) is 1.65. The molecule has 0 saturated carbocycles. The lowest BCUT2D eigenvalue weighted by atomic mass is 10.0. The van der Waals surface area contributed by atoms with Gasteiger partial charge in [-0.25, -0.2) is 4.98 Å². The summed E-state index contributed by atoms with van der Waals surface area (Å²) in [5.74, 6) is 1.44. The van der Waals surface area contributed by atoms with Gasteiger partial charge in [-0.3, -0.25) is 9.48 Å². The highest BCUT2D eigenvalue weighted by Crippen LogP contribution is 2.19. The fraction of sp³-hybridized carbons (Fsp3) is 0.533. The number of carbonyl (C=O) groups is 1. The second-order valence-corrected chi connectivity index (χ2v) is 5.78. The number of nitrogens with one attached hydrogen (secondary N) is 1. The zero-order valence-electron chi connectivity index (χ0n) is 13.0. The van der Waals surface area contributed by atoms with Crippen LogP contribution in [0, 0.1) is 5.92 Å². The molecule has 0 fully saturated rings. The third-order valence-electron chi connectivity index (χ3n) is 3.88. The first-order valence-electron chi connectivity index (χ1n) is 7.54. The summed E-state index contributed by atoms with van der Waals surface area (Å²) in [4.78, 5) is 16.7. The lowest BCUT2D eigenvalue weighted by Crippen LogP contribution is -2.17. The van der Waals surface area contributed by atoms with E-state index in [9.17, 15) is 4.79 Å². The van der Waals surface area contributed by atoms with Gasteiger partial charge in [0, 0.05) is 32.5 Å². The highest BCUT2D eigenvalue weighted by atomic mass is 16.5. The van der Waals surface area contributed by atoms with Crippen molar-refractivity contribution in [1.82, 2.24) is 19.3 Å². The minimum Gasteiger partial charge on any atom is -0.383 e. The van der Waals surface area contributed by atoms with Gasteiger partial charge in [0.2, 0.25) is 0 Å². The molecule has 0 saturated heterocycles. The summed E-state index contributed by atoms with van der Waals surface area (Å²) >= 11 is 0. The first kappa shape index (κ1) is 14.8. The van der Waals surface area contributed by atoms with E-state index in [1.807, 2.05) is 6.20 Å². The third kappa shape index (κ3) is 3.19. The van der Waals surface area contributed by atoms with E-state index in [1.54, 1.807) is 24.2 Å². The van der Waals surface area contributed by atoms with E-state index < -0.39 is 0 Å². The Morgan fingerprint density at radius 3 is 3.18 bits per heavy atom. The maximum Gasteiger partial charge on any atom is 0.275 e. The van der Waals surface area contributed by atoms with E-state index in [0.717, 1.165) is 25.2 Å². The number of ether oxygens (including phenoxy) is 1. The Kier molecular flexibility index (Phi) is 4.24. The van der Waals surface area contributed by atoms with Crippen LogP contribution in [0.3, 0.4) is 0 Å². The van der Waals surface area contributed by atoms with Crippen LogP contribution in [0.5, 0.6) is 0 Å². The average molecular weight is 303 g/mol. The van der Waals surface area contributed by atoms with Crippen molar-refractivity contribution in [3.63, 3.8) is 0 Å². The van der Waals surface area contributed by atoms with Gasteiger partial charge in [0.25, 0.3) is 5.91 Å². The number of amides is 1. The molecule has 7 heteroatoms. The molecule has 118 valence electrons. The summed E-state index contributed by atoms with van der Waals surface area (Å²) in [5, 5.41) is 7.01. The molecule has 0 unspecified atom stereocenters. The van der Waals surface area contributed by atoms with Crippen molar-refractivity contribution in [2.24, 2.45) is 5.92 Å². The summed E-state index contributed by atoms with van der Waals surface area (Å²) in [6.45, 7) is 4.39. The SMILES string of the molecule is COCCn1cc(NC(=O)c2cn3c(n2)CC[C@H](C)C3)cn1. The molecule has 2 aromatic heterocycles. The molecule has 1 amide bonds. The number of nitrogens with zero attached hydrogens (tertiary/aromatic N) is 4. The van der Waals surface area contributed by atoms with Crippen LogP contribution in [0.25, 0.3) is 0 Å². The van der Waals surface area contributed by atoms with Gasteiger partial charge in [-0.05, 0) is 12.3 Å². The topological polar surface area (TPSA) is 74.0 Å². The van der Waals surface area contributed by atoms with Crippen molar-refractivity contribution in [3.05, 3.63) is 30.1 Å². The fourth-order valence-corrected chi connectivity index (χ4v) is 2.65. The van der Waals surface area contributed by atoms with Gasteiger partial charge in [0.1, 0.15) is 11.5 Å². The zero-order valence-corrected chi connectivity index (χ0v) is 13.0. The molecular weight excluding hydrogens is 282 g/mol. The molecule has 0 bridgehead atoms. The molecule has 1 N–H and O–H groups in total. The number of imidazole rings is 1. The molecule has 1 atom stereocenters. The van der Waals surface area contributed by atoms with E-state index in [4.69, 9.17) is 4.74 Å². The minimum absolute atomic E-state index is 0.194. The van der Waals surface area contributed by atoms with Crippen LogP contribution in [-0.4, -0.2) is 39.0 Å². The predicted octanol–water partition coefficient (Wildman–Crippen LogP) is 1.56. The molecule has 3 heterocycles. The molecule has 0 aromatic carbocycles. The lowest BCUT2D eigenvalue weighted by molar-refractivity contribution is 0.102. The van der Waals surface area contributed by atoms with Gasteiger partial charge in [-0.15, -0.1) is 0 Å². The van der Waals surface area contributed by atoms with Crippen molar-refractivity contribution in [2.75, 3.05) is 19.0 Å². The molecule has 3 rings (SSSR count). The van der Waals surface area contributed by atoms with E-state index in [-0.39, 0.29) is 5.91 Å². The number of fused-ring (bicyclic) bond motifs is 1. The number of aryl methyl sites for hydroxylation is 1. The molecule has 0 aliphatic carbocycles.